The summed E-state index contributed by atoms with van der Waals surface area (Å²) in [5.41, 5.74) is 0. The molecule has 1 unspecified atom stereocenters. The molecule has 1 fully saturated rings. The van der Waals surface area contributed by atoms with Crippen LogP contribution in [-0.2, 0) is 4.79 Å². The number of amides is 1. The van der Waals surface area contributed by atoms with E-state index >= 15 is 0 Å². The van der Waals surface area contributed by atoms with E-state index in [1.165, 1.54) is 6.42 Å². The zero-order chi connectivity index (χ0) is 12.0. The van der Waals surface area contributed by atoms with Crippen molar-refractivity contribution in [1.82, 2.24) is 10.6 Å². The number of carbonyl (C=O) groups is 1. The molecule has 0 saturated carbocycles. The Labute approximate surface area is 99.4 Å². The molecule has 1 saturated heterocycles. The van der Waals surface area contributed by atoms with E-state index in [2.05, 4.69) is 31.4 Å². The average Bonchev–Trinajstić information content (AvgIpc) is 2.27. The van der Waals surface area contributed by atoms with Gasteiger partial charge in [0.15, 0.2) is 0 Å². The molecule has 1 aliphatic rings. The maximum absolute atomic E-state index is 11.9. The SMILES string of the molecule is CC(C)CCC(C)NC(=O)[C@@H]1CCCNC1. The summed E-state index contributed by atoms with van der Waals surface area (Å²) in [6.45, 7) is 8.46. The normalized spacial score (nSPS) is 23.1. The average molecular weight is 226 g/mol. The molecule has 3 heteroatoms. The van der Waals surface area contributed by atoms with Gasteiger partial charge in [-0.25, -0.2) is 0 Å². The highest BCUT2D eigenvalue weighted by molar-refractivity contribution is 5.79. The molecule has 1 amide bonds. The summed E-state index contributed by atoms with van der Waals surface area (Å²) in [4.78, 5) is 11.9. The smallest absolute Gasteiger partial charge is 0.224 e. The molecule has 0 radical (unpaired) electrons. The van der Waals surface area contributed by atoms with Crippen molar-refractivity contribution >= 4 is 5.91 Å². The lowest BCUT2D eigenvalue weighted by molar-refractivity contribution is -0.126. The fourth-order valence-corrected chi connectivity index (χ4v) is 2.09. The molecule has 1 rings (SSSR count). The molecule has 2 N–H and O–H groups in total. The Balaban J connectivity index is 2.21. The number of piperidine rings is 1. The molecule has 2 atom stereocenters. The number of nitrogens with one attached hydrogen (secondary N) is 2. The van der Waals surface area contributed by atoms with Gasteiger partial charge in [-0.15, -0.1) is 0 Å². The monoisotopic (exact) mass is 226 g/mol. The van der Waals surface area contributed by atoms with Gasteiger partial charge in [-0.2, -0.15) is 0 Å². The predicted octanol–water partition coefficient (Wildman–Crippen LogP) is 1.93. The number of rotatable bonds is 5. The third kappa shape index (κ3) is 4.97. The van der Waals surface area contributed by atoms with Crippen LogP contribution in [0.4, 0.5) is 0 Å². The third-order valence-electron chi connectivity index (χ3n) is 3.23. The lowest BCUT2D eigenvalue weighted by Gasteiger charge is -2.24. The van der Waals surface area contributed by atoms with Crippen LogP contribution in [0.25, 0.3) is 0 Å². The summed E-state index contributed by atoms with van der Waals surface area (Å²) in [7, 11) is 0. The standard InChI is InChI=1S/C13H26N2O/c1-10(2)6-7-11(3)15-13(16)12-5-4-8-14-9-12/h10-12,14H,4-9H2,1-3H3,(H,15,16)/t11?,12-/m1/s1. The van der Waals surface area contributed by atoms with Crippen molar-refractivity contribution in [3.63, 3.8) is 0 Å². The fourth-order valence-electron chi connectivity index (χ4n) is 2.09. The van der Waals surface area contributed by atoms with Crippen LogP contribution in [0.3, 0.4) is 0 Å². The quantitative estimate of drug-likeness (QED) is 0.752. The lowest BCUT2D eigenvalue weighted by atomic mass is 9.98. The van der Waals surface area contributed by atoms with Gasteiger partial charge < -0.3 is 10.6 Å². The van der Waals surface area contributed by atoms with Gasteiger partial charge in [0.2, 0.25) is 5.91 Å². The highest BCUT2D eigenvalue weighted by Crippen LogP contribution is 2.11. The highest BCUT2D eigenvalue weighted by atomic mass is 16.1. The summed E-state index contributed by atoms with van der Waals surface area (Å²) in [6, 6.07) is 0.317. The molecule has 3 nitrogen and oxygen atoms in total. The Morgan fingerprint density at radius 3 is 2.69 bits per heavy atom. The molecule has 0 spiro atoms. The lowest BCUT2D eigenvalue weighted by Crippen LogP contribution is -2.43. The molecule has 0 aromatic rings. The molecule has 0 aromatic carbocycles. The van der Waals surface area contributed by atoms with Gasteiger partial charge in [0.25, 0.3) is 0 Å². The zero-order valence-electron chi connectivity index (χ0n) is 10.9. The minimum atomic E-state index is 0.190. The van der Waals surface area contributed by atoms with Crippen molar-refractivity contribution in [2.75, 3.05) is 13.1 Å². The summed E-state index contributed by atoms with van der Waals surface area (Å²) < 4.78 is 0. The summed E-state index contributed by atoms with van der Waals surface area (Å²) in [5.74, 6) is 1.15. The van der Waals surface area contributed by atoms with Crippen LogP contribution in [-0.4, -0.2) is 25.0 Å². The summed E-state index contributed by atoms with van der Waals surface area (Å²) in [5, 5.41) is 6.40. The molecule has 1 aliphatic heterocycles. The van der Waals surface area contributed by atoms with Crippen molar-refractivity contribution in [2.45, 2.75) is 52.5 Å². The van der Waals surface area contributed by atoms with Crippen molar-refractivity contribution in [2.24, 2.45) is 11.8 Å². The van der Waals surface area contributed by atoms with Crippen LogP contribution >= 0.6 is 0 Å². The molecule has 0 aromatic heterocycles. The number of hydrogen-bond donors (Lipinski definition) is 2. The van der Waals surface area contributed by atoms with Gasteiger partial charge in [-0.05, 0) is 45.1 Å². The maximum atomic E-state index is 11.9. The predicted molar refractivity (Wildman–Crippen MR) is 67.3 cm³/mol. The van der Waals surface area contributed by atoms with Gasteiger partial charge >= 0.3 is 0 Å². The van der Waals surface area contributed by atoms with Crippen LogP contribution in [0.15, 0.2) is 0 Å². The molecule has 1 heterocycles. The second kappa shape index (κ2) is 6.89. The Hall–Kier alpha value is -0.570. The first-order chi connectivity index (χ1) is 7.59. The minimum absolute atomic E-state index is 0.190. The first-order valence-corrected chi connectivity index (χ1v) is 6.60. The largest absolute Gasteiger partial charge is 0.353 e. The van der Waals surface area contributed by atoms with Crippen LogP contribution in [0.5, 0.6) is 0 Å². The van der Waals surface area contributed by atoms with E-state index in [1.54, 1.807) is 0 Å². The van der Waals surface area contributed by atoms with E-state index < -0.39 is 0 Å². The van der Waals surface area contributed by atoms with Crippen molar-refractivity contribution in [3.05, 3.63) is 0 Å². The molecular formula is C13H26N2O. The van der Waals surface area contributed by atoms with Crippen molar-refractivity contribution in [1.29, 1.82) is 0 Å². The van der Waals surface area contributed by atoms with E-state index in [-0.39, 0.29) is 11.8 Å². The molecule has 16 heavy (non-hydrogen) atoms. The first-order valence-electron chi connectivity index (χ1n) is 6.60. The highest BCUT2D eigenvalue weighted by Gasteiger charge is 2.21. The Kier molecular flexibility index (Phi) is 5.81. The Bertz CT molecular complexity index is 210. The van der Waals surface area contributed by atoms with Gasteiger partial charge in [0.1, 0.15) is 0 Å². The molecule has 0 aliphatic carbocycles. The molecule has 94 valence electrons. The molecular weight excluding hydrogens is 200 g/mol. The van der Waals surface area contributed by atoms with Gasteiger partial charge in [0, 0.05) is 12.6 Å². The van der Waals surface area contributed by atoms with Gasteiger partial charge in [-0.1, -0.05) is 13.8 Å². The Morgan fingerprint density at radius 2 is 2.12 bits per heavy atom. The number of carbonyl (C=O) groups excluding carboxylic acids is 1. The van der Waals surface area contributed by atoms with Gasteiger partial charge in [0.05, 0.1) is 5.92 Å². The van der Waals surface area contributed by atoms with Crippen LogP contribution < -0.4 is 10.6 Å². The van der Waals surface area contributed by atoms with Crippen molar-refractivity contribution in [3.8, 4) is 0 Å². The summed E-state index contributed by atoms with van der Waals surface area (Å²) in [6.07, 6.45) is 4.43. The van der Waals surface area contributed by atoms with E-state index in [0.717, 1.165) is 38.3 Å². The van der Waals surface area contributed by atoms with E-state index in [9.17, 15) is 4.79 Å². The second-order valence-corrected chi connectivity index (χ2v) is 5.42. The van der Waals surface area contributed by atoms with Crippen molar-refractivity contribution < 1.29 is 4.79 Å². The topological polar surface area (TPSA) is 41.1 Å². The first kappa shape index (κ1) is 13.5. The van der Waals surface area contributed by atoms with E-state index in [0.29, 0.717) is 6.04 Å². The maximum Gasteiger partial charge on any atom is 0.224 e. The minimum Gasteiger partial charge on any atom is -0.353 e. The van der Waals surface area contributed by atoms with Crippen LogP contribution in [0, 0.1) is 11.8 Å². The van der Waals surface area contributed by atoms with E-state index in [1.807, 2.05) is 0 Å². The van der Waals surface area contributed by atoms with Gasteiger partial charge in [-0.3, -0.25) is 4.79 Å². The fraction of sp³-hybridized carbons (Fsp3) is 0.923. The summed E-state index contributed by atoms with van der Waals surface area (Å²) >= 11 is 0. The third-order valence-corrected chi connectivity index (χ3v) is 3.23. The number of hydrogen-bond acceptors (Lipinski definition) is 2. The second-order valence-electron chi connectivity index (χ2n) is 5.42. The van der Waals surface area contributed by atoms with E-state index in [4.69, 9.17) is 0 Å². The van der Waals surface area contributed by atoms with Crippen LogP contribution in [0.1, 0.15) is 46.5 Å². The zero-order valence-corrected chi connectivity index (χ0v) is 10.9. The Morgan fingerprint density at radius 1 is 1.38 bits per heavy atom. The molecule has 0 bridgehead atoms. The van der Waals surface area contributed by atoms with Crippen LogP contribution in [0.2, 0.25) is 0 Å².